The van der Waals surface area contributed by atoms with Gasteiger partial charge in [0.25, 0.3) is 21.8 Å². The van der Waals surface area contributed by atoms with E-state index in [0.29, 0.717) is 70.4 Å². The number of aromatic nitrogens is 2. The van der Waals surface area contributed by atoms with E-state index in [1.165, 1.54) is 12.2 Å². The third kappa shape index (κ3) is 32.5. The number of guanidine groups is 1. The molecule has 0 radical (unpaired) electrons. The number of fused-ring (bicyclic) bond motifs is 1. The Balaban J connectivity index is 0.976. The van der Waals surface area contributed by atoms with Crippen LogP contribution in [0, 0.1) is 55.8 Å². The second-order valence-electron chi connectivity index (χ2n) is 41.8. The van der Waals surface area contributed by atoms with Gasteiger partial charge in [-0.15, -0.1) is 0 Å². The van der Waals surface area contributed by atoms with Gasteiger partial charge in [0.1, 0.15) is 40.6 Å². The van der Waals surface area contributed by atoms with Crippen LogP contribution in [-0.2, 0) is 115 Å². The number of nitrogens with zero attached hydrogens (tertiary/aromatic N) is 3. The van der Waals surface area contributed by atoms with Crippen LogP contribution in [0.2, 0.25) is 0 Å². The van der Waals surface area contributed by atoms with Crippen LogP contribution in [-0.4, -0.2) is 196 Å². The van der Waals surface area contributed by atoms with Gasteiger partial charge < -0.3 is 65.8 Å². The summed E-state index contributed by atoms with van der Waals surface area (Å²) in [6.45, 7) is 24.9. The summed E-state index contributed by atoms with van der Waals surface area (Å²) in [5.74, 6) is -17.7. The number of carboxylic acids is 1. The molecule has 33 nitrogen and oxygen atoms in total. The smallest absolute Gasteiger partial charge is 0.322 e. The zero-order chi connectivity index (χ0) is 108. The number of sulfonamides is 1. The summed E-state index contributed by atoms with van der Waals surface area (Å²) < 4.78 is 57.5. The number of imide groups is 1. The van der Waals surface area contributed by atoms with Crippen molar-refractivity contribution in [3.8, 4) is 5.75 Å². The van der Waals surface area contributed by atoms with Crippen LogP contribution in [0.4, 0.5) is 0 Å². The number of ether oxygens (including phenoxy) is 4. The van der Waals surface area contributed by atoms with Gasteiger partial charge >= 0.3 is 11.9 Å². The topological polar surface area (TPSA) is 471 Å². The number of carbonyl (C=O) groups is 14. The Morgan fingerprint density at radius 2 is 0.986 bits per heavy atom. The third-order valence-electron chi connectivity index (χ3n) is 25.7. The molecule has 0 saturated heterocycles. The van der Waals surface area contributed by atoms with E-state index in [2.05, 4.69) is 41.9 Å². The maximum absolute atomic E-state index is 16.2. The van der Waals surface area contributed by atoms with Crippen LogP contribution in [0.1, 0.15) is 235 Å². The molecule has 0 saturated carbocycles. The first-order valence-electron chi connectivity index (χ1n) is 50.0. The molecule has 34 heteroatoms. The monoisotopic (exact) mass is 2040 g/mol. The van der Waals surface area contributed by atoms with Crippen molar-refractivity contribution in [3.05, 3.63) is 268 Å². The van der Waals surface area contributed by atoms with Crippen LogP contribution in [0.3, 0.4) is 0 Å². The Morgan fingerprint density at radius 1 is 0.510 bits per heavy atom. The highest BCUT2D eigenvalue weighted by atomic mass is 32.2. The Labute approximate surface area is 861 Å². The molecule has 7 aromatic carbocycles. The molecule has 0 fully saturated rings. The lowest BCUT2D eigenvalue weighted by molar-refractivity contribution is -0.158. The van der Waals surface area contributed by atoms with Crippen molar-refractivity contribution in [2.45, 2.75) is 264 Å². The SMILES string of the molecule is Cc1c(C)c(S(=O)(=O)NC(=N)NCCC[C@H](CC(=O)CNC(=O)[C@H](COC(C)(C)C)CC(=O)[C@H](CC(C)C)NC(=O)CCCCCN2C(=O)C=CC2=O)C(=O)N[C@@H](COC(C)(C)C)C(=O)C[C@@H](CC(=O)OC(C)(C)C)C(=O)N[C@@H](CC(=O)NC(c2ccccc2)(c2ccccc2)c2ccccc2)C(=O)C[C@@H](Cc2cn(C(c3ccccc3)(c3ccccc3)c3ccccc3)cn2)C(=O)NCC(=O)O)c(C)c2c1OC(C)(C)C2. The first-order valence-corrected chi connectivity index (χ1v) is 51.5. The quantitative estimate of drug-likeness (QED) is 0.00423. The molecule has 3 heterocycles. The number of nitrogens with one attached hydrogen (secondary N) is 9. The molecule has 0 unspecified atom stereocenters. The van der Waals surface area contributed by atoms with Crippen LogP contribution >= 0.6 is 0 Å². The summed E-state index contributed by atoms with van der Waals surface area (Å²) >= 11 is 0. The summed E-state index contributed by atoms with van der Waals surface area (Å²) in [7, 11) is -4.46. The number of rotatable bonds is 54. The van der Waals surface area contributed by atoms with Crippen molar-refractivity contribution in [3.63, 3.8) is 0 Å². The van der Waals surface area contributed by atoms with Crippen molar-refractivity contribution >= 4 is 98.3 Å². The molecule has 786 valence electrons. The molecule has 1 aromatic heterocycles. The second-order valence-corrected chi connectivity index (χ2v) is 43.5. The zero-order valence-corrected chi connectivity index (χ0v) is 87.8. The van der Waals surface area contributed by atoms with Gasteiger partial charge in [0.05, 0.1) is 90.6 Å². The number of imidazole rings is 1. The number of hydrogen-bond donors (Lipinski definition) is 10. The fraction of sp³-hybridized carbons (Fsp3) is 0.451. The average Bonchev–Trinajstić information content (AvgIpc) is 1.71. The molecule has 147 heavy (non-hydrogen) atoms. The number of unbranched alkanes of at least 4 members (excludes halogenated alkanes) is 2. The van der Waals surface area contributed by atoms with E-state index in [4.69, 9.17) is 29.3 Å². The molecule has 0 aliphatic carbocycles. The summed E-state index contributed by atoms with van der Waals surface area (Å²) in [5, 5.41) is 38.4. The number of esters is 1. The zero-order valence-electron chi connectivity index (χ0n) is 87.0. The summed E-state index contributed by atoms with van der Waals surface area (Å²) in [4.78, 5) is 209. The fourth-order valence-corrected chi connectivity index (χ4v) is 20.0. The molecule has 10 N–H and O–H groups in total. The lowest BCUT2D eigenvalue weighted by Gasteiger charge is -2.37. The van der Waals surface area contributed by atoms with Crippen molar-refractivity contribution < 1.29 is 99.6 Å². The highest BCUT2D eigenvalue weighted by Crippen LogP contribution is 2.46. The van der Waals surface area contributed by atoms with E-state index in [9.17, 15) is 56.7 Å². The van der Waals surface area contributed by atoms with Gasteiger partial charge in [-0.3, -0.25) is 77.4 Å². The van der Waals surface area contributed by atoms with Crippen LogP contribution in [0.5, 0.6) is 5.75 Å². The number of aliphatic carboxylic acids is 1. The minimum atomic E-state index is -4.46. The number of ketones is 4. The maximum atomic E-state index is 16.2. The predicted molar refractivity (Wildman–Crippen MR) is 554 cm³/mol. The highest BCUT2D eigenvalue weighted by Gasteiger charge is 2.45. The molecular formula is C113H142N12O21S. The Bertz CT molecular complexity index is 5940. The summed E-state index contributed by atoms with van der Waals surface area (Å²) in [6, 6.07) is 51.1. The first kappa shape index (κ1) is 115. The second kappa shape index (κ2) is 51.4. The van der Waals surface area contributed by atoms with Crippen LogP contribution in [0.15, 0.2) is 212 Å². The number of carboxylic acid groups (broad SMARTS) is 1. The van der Waals surface area contributed by atoms with Gasteiger partial charge in [-0.25, -0.2) is 18.1 Å². The molecule has 2 aliphatic heterocycles. The maximum Gasteiger partial charge on any atom is 0.322 e. The largest absolute Gasteiger partial charge is 0.487 e. The summed E-state index contributed by atoms with van der Waals surface area (Å²) in [5.41, 5.74) is 0.171. The van der Waals surface area contributed by atoms with Crippen LogP contribution < -0.4 is 46.7 Å². The average molecular weight is 2040 g/mol. The molecule has 7 atom stereocenters. The lowest BCUT2D eigenvalue weighted by Crippen LogP contribution is -2.53. The van der Waals surface area contributed by atoms with Gasteiger partial charge in [0, 0.05) is 87.9 Å². The van der Waals surface area contributed by atoms with Gasteiger partial charge in [0.2, 0.25) is 41.4 Å². The van der Waals surface area contributed by atoms with Crippen molar-refractivity contribution in [2.75, 3.05) is 39.4 Å². The molecule has 10 rings (SSSR count). The lowest BCUT2D eigenvalue weighted by atomic mass is 9.76. The number of carbonyl (C=O) groups excluding carboxylic acids is 13. The molecule has 8 aromatic rings. The minimum absolute atomic E-state index is 0.0120. The Kier molecular flexibility index (Phi) is 40.2. The molecule has 2 aliphatic rings. The molecule has 8 amide bonds. The molecular weight excluding hydrogens is 1890 g/mol. The minimum Gasteiger partial charge on any atom is -0.487 e. The van der Waals surface area contributed by atoms with E-state index in [1.807, 2.05) is 160 Å². The standard InChI is InChI=1S/C113H142N12O21S/c1-72(2)57-89(119-95(130)52-36-23-37-56-125-97(132)53-54-98(125)133)93(128)62-79(69-143-108(6,7)8)104(138)116-66-87(126)59-76(39-38-55-115-107(114)123-147(141,142)102-74(4)73(3)101-88(75(102)5)65-111(15,16)146-101)105(139)121-91(70-144-109(9,10)11)94(129)61-78(63-100(136)145-110(12,13)14)106(140)120-90(64-96(131)122-112(80-40-24-17-25-41-80,81-42-26-18-27-43-81)82-44-28-19-29-45-82)92(127)60-77(103(137)117-67-99(134)135)58-86-68-124(71-118-86)113(83-46-30-20-31-47-83,84-48-32-21-33-49-84)85-50-34-22-35-51-85/h17-22,24-35,40-51,53-54,68,71-72,76-79,89-91H,23,36-39,52,55-67,69-70H2,1-16H3,(H,116,138)(H,117,137)(H,119,130)(H,120,140)(H,121,139)(H,122,131)(H,134,135)(H3,114,115,123)/t76-,77-,78+,79+,89+,90+,91+/m1/s1. The van der Waals surface area contributed by atoms with E-state index in [-0.39, 0.29) is 68.3 Å². The van der Waals surface area contributed by atoms with Gasteiger partial charge in [-0.2, -0.15) is 0 Å². The first-order chi connectivity index (χ1) is 69.4. The van der Waals surface area contributed by atoms with E-state index < -0.39 is 232 Å². The van der Waals surface area contributed by atoms with Gasteiger partial charge in [0.15, 0.2) is 23.1 Å². The van der Waals surface area contributed by atoms with Crippen molar-refractivity contribution in [1.29, 1.82) is 5.41 Å². The Hall–Kier alpha value is -14.0. The van der Waals surface area contributed by atoms with Gasteiger partial charge in [-0.05, 0) is 185 Å². The Morgan fingerprint density at radius 3 is 1.50 bits per heavy atom. The molecule has 0 bridgehead atoms. The highest BCUT2D eigenvalue weighted by molar-refractivity contribution is 7.90. The van der Waals surface area contributed by atoms with Crippen molar-refractivity contribution in [1.82, 2.24) is 56.4 Å². The van der Waals surface area contributed by atoms with E-state index in [1.54, 1.807) is 150 Å². The number of benzene rings is 7. The number of Topliss-reactive ketones (excluding diaryl/α,β-unsaturated/α-hetero) is 4. The van der Waals surface area contributed by atoms with E-state index >= 15 is 24.0 Å². The number of amides is 8. The summed E-state index contributed by atoms with van der Waals surface area (Å²) in [6.07, 6.45) is 2.33. The predicted octanol–water partition coefficient (Wildman–Crippen LogP) is 12.7. The number of hydrogen-bond acceptors (Lipinski definition) is 22. The fourth-order valence-electron chi connectivity index (χ4n) is 18.5. The molecule has 0 spiro atoms. The third-order valence-corrected chi connectivity index (χ3v) is 27.3. The van der Waals surface area contributed by atoms with Crippen molar-refractivity contribution in [2.24, 2.45) is 29.6 Å². The van der Waals surface area contributed by atoms with E-state index in [0.717, 1.165) is 21.6 Å². The normalized spacial score (nSPS) is 14.6. The van der Waals surface area contributed by atoms with Crippen LogP contribution in [0.25, 0.3) is 0 Å². The van der Waals surface area contributed by atoms with Gasteiger partial charge in [-0.1, -0.05) is 202 Å².